The largest absolute Gasteiger partial charge is 0.394 e. The lowest BCUT2D eigenvalue weighted by Crippen LogP contribution is -2.49. The normalized spacial score (nSPS) is 16.0. The van der Waals surface area contributed by atoms with Gasteiger partial charge >= 0.3 is 0 Å². The minimum atomic E-state index is -1.65. The zero-order valence-electron chi connectivity index (χ0n) is 15.5. The SMILES string of the molecule is CCC(=O)c1ccc2cc(N(C)CC(O)C(O)C(O)C(O)CO)ccc2c1. The van der Waals surface area contributed by atoms with Gasteiger partial charge < -0.3 is 30.4 Å². The number of ketones is 1. The van der Waals surface area contributed by atoms with Crippen LogP contribution in [0.2, 0.25) is 0 Å². The van der Waals surface area contributed by atoms with E-state index in [0.29, 0.717) is 12.0 Å². The number of likely N-dealkylation sites (N-methyl/N-ethyl adjacent to an activating group) is 1. The summed E-state index contributed by atoms with van der Waals surface area (Å²) in [5.74, 6) is 0.0822. The predicted molar refractivity (Wildman–Crippen MR) is 103 cm³/mol. The number of benzene rings is 2. The maximum absolute atomic E-state index is 11.8. The van der Waals surface area contributed by atoms with E-state index in [0.717, 1.165) is 16.5 Å². The summed E-state index contributed by atoms with van der Waals surface area (Å²) in [5, 5.41) is 49.8. The molecule has 0 bridgehead atoms. The van der Waals surface area contributed by atoms with Crippen LogP contribution in [0.4, 0.5) is 5.69 Å². The van der Waals surface area contributed by atoms with E-state index in [1.807, 2.05) is 37.3 Å². The number of Topliss-reactive ketones (excluding diaryl/α,β-unsaturated/α-hetero) is 1. The molecule has 2 rings (SSSR count). The van der Waals surface area contributed by atoms with E-state index in [2.05, 4.69) is 0 Å². The van der Waals surface area contributed by atoms with E-state index >= 15 is 0 Å². The quantitative estimate of drug-likeness (QED) is 0.399. The number of nitrogens with zero attached hydrogens (tertiary/aromatic N) is 1. The third-order valence-electron chi connectivity index (χ3n) is 4.69. The molecule has 2 aromatic carbocycles. The Bertz CT molecular complexity index is 780. The zero-order valence-corrected chi connectivity index (χ0v) is 15.5. The van der Waals surface area contributed by atoms with E-state index < -0.39 is 31.0 Å². The number of fused-ring (bicyclic) bond motifs is 1. The molecule has 0 heterocycles. The van der Waals surface area contributed by atoms with Gasteiger partial charge in [-0.2, -0.15) is 0 Å². The Hall–Kier alpha value is -2.03. The van der Waals surface area contributed by atoms with Gasteiger partial charge in [-0.05, 0) is 29.0 Å². The molecule has 0 aliphatic heterocycles. The van der Waals surface area contributed by atoms with Gasteiger partial charge in [0.2, 0.25) is 0 Å². The fourth-order valence-electron chi connectivity index (χ4n) is 2.91. The van der Waals surface area contributed by atoms with Crippen LogP contribution in [0.3, 0.4) is 0 Å². The van der Waals surface area contributed by atoms with Gasteiger partial charge in [-0.3, -0.25) is 4.79 Å². The Kier molecular flexibility index (Phi) is 7.29. The van der Waals surface area contributed by atoms with Crippen LogP contribution in [0.5, 0.6) is 0 Å². The molecule has 0 aromatic heterocycles. The van der Waals surface area contributed by atoms with Crippen molar-refractivity contribution in [1.29, 1.82) is 0 Å². The number of aliphatic hydroxyl groups is 5. The summed E-state index contributed by atoms with van der Waals surface area (Å²) in [6.07, 6.45) is -5.65. The highest BCUT2D eigenvalue weighted by molar-refractivity contribution is 6.00. The lowest BCUT2D eigenvalue weighted by molar-refractivity contribution is -0.112. The van der Waals surface area contributed by atoms with Crippen molar-refractivity contribution < 1.29 is 30.3 Å². The molecule has 0 saturated carbocycles. The molecule has 0 radical (unpaired) electrons. The summed E-state index contributed by atoms with van der Waals surface area (Å²) in [5.41, 5.74) is 1.45. The minimum absolute atomic E-state index is 0.00822. The molecule has 148 valence electrons. The van der Waals surface area contributed by atoms with Crippen molar-refractivity contribution in [3.05, 3.63) is 42.0 Å². The smallest absolute Gasteiger partial charge is 0.162 e. The first-order chi connectivity index (χ1) is 12.8. The van der Waals surface area contributed by atoms with Crippen molar-refractivity contribution in [1.82, 2.24) is 0 Å². The Morgan fingerprint density at radius 2 is 1.56 bits per heavy atom. The molecule has 4 unspecified atom stereocenters. The fraction of sp³-hybridized carbons (Fsp3) is 0.450. The molecule has 7 heteroatoms. The zero-order chi connectivity index (χ0) is 20.1. The van der Waals surface area contributed by atoms with Crippen LogP contribution < -0.4 is 4.90 Å². The van der Waals surface area contributed by atoms with Crippen LogP contribution >= 0.6 is 0 Å². The first kappa shape index (κ1) is 21.3. The minimum Gasteiger partial charge on any atom is -0.394 e. The third-order valence-corrected chi connectivity index (χ3v) is 4.69. The van der Waals surface area contributed by atoms with E-state index in [9.17, 15) is 25.2 Å². The third kappa shape index (κ3) is 5.03. The average Bonchev–Trinajstić information content (AvgIpc) is 2.70. The van der Waals surface area contributed by atoms with Gasteiger partial charge in [0, 0.05) is 31.3 Å². The molecular formula is C20H27NO6. The number of hydrogen-bond acceptors (Lipinski definition) is 7. The second kappa shape index (κ2) is 9.25. The van der Waals surface area contributed by atoms with Crippen molar-refractivity contribution >= 4 is 22.2 Å². The van der Waals surface area contributed by atoms with E-state index in [1.54, 1.807) is 18.0 Å². The van der Waals surface area contributed by atoms with Gasteiger partial charge in [0.25, 0.3) is 0 Å². The lowest BCUT2D eigenvalue weighted by Gasteiger charge is -2.29. The molecule has 0 aliphatic rings. The van der Waals surface area contributed by atoms with Gasteiger partial charge in [0.1, 0.15) is 18.3 Å². The second-order valence-corrected chi connectivity index (χ2v) is 6.70. The summed E-state index contributed by atoms with van der Waals surface area (Å²) in [6.45, 7) is 1.11. The highest BCUT2D eigenvalue weighted by atomic mass is 16.4. The van der Waals surface area contributed by atoms with Crippen molar-refractivity contribution in [2.75, 3.05) is 25.1 Å². The molecule has 27 heavy (non-hydrogen) atoms. The van der Waals surface area contributed by atoms with Gasteiger partial charge in [-0.1, -0.05) is 25.1 Å². The summed E-state index contributed by atoms with van der Waals surface area (Å²) in [4.78, 5) is 13.5. The van der Waals surface area contributed by atoms with E-state index in [4.69, 9.17) is 5.11 Å². The van der Waals surface area contributed by atoms with Crippen LogP contribution in [0.25, 0.3) is 10.8 Å². The molecule has 7 nitrogen and oxygen atoms in total. The highest BCUT2D eigenvalue weighted by Gasteiger charge is 2.30. The topological polar surface area (TPSA) is 121 Å². The Labute approximate surface area is 158 Å². The van der Waals surface area contributed by atoms with Crippen LogP contribution in [0, 0.1) is 0 Å². The average molecular weight is 377 g/mol. The van der Waals surface area contributed by atoms with Crippen molar-refractivity contribution in [2.45, 2.75) is 37.8 Å². The molecule has 0 amide bonds. The van der Waals surface area contributed by atoms with Gasteiger partial charge in [-0.15, -0.1) is 0 Å². The van der Waals surface area contributed by atoms with E-state index in [1.165, 1.54) is 0 Å². The van der Waals surface area contributed by atoms with Crippen molar-refractivity contribution in [2.24, 2.45) is 0 Å². The van der Waals surface area contributed by atoms with Gasteiger partial charge in [0.15, 0.2) is 5.78 Å². The first-order valence-corrected chi connectivity index (χ1v) is 8.89. The number of carbonyl (C=O) groups excluding carboxylic acids is 1. The number of anilines is 1. The Balaban J connectivity index is 2.12. The predicted octanol–water partition coefficient (Wildman–Crippen LogP) is 0.305. The molecule has 0 spiro atoms. The number of rotatable bonds is 9. The van der Waals surface area contributed by atoms with Crippen molar-refractivity contribution in [3.63, 3.8) is 0 Å². The van der Waals surface area contributed by atoms with Crippen LogP contribution in [-0.2, 0) is 0 Å². The highest BCUT2D eigenvalue weighted by Crippen LogP contribution is 2.23. The fourth-order valence-corrected chi connectivity index (χ4v) is 2.91. The number of carbonyl (C=O) groups is 1. The molecular weight excluding hydrogens is 350 g/mol. The standard InChI is InChI=1S/C20H27NO6/c1-3-16(23)14-5-4-13-9-15(7-6-12(13)8-14)21(2)10-17(24)19(26)20(27)18(25)11-22/h4-9,17-20,22,24-27H,3,10-11H2,1-2H3. The molecule has 4 atom stereocenters. The van der Waals surface area contributed by atoms with Gasteiger partial charge in [0.05, 0.1) is 12.7 Å². The summed E-state index contributed by atoms with van der Waals surface area (Å²) >= 11 is 0. The van der Waals surface area contributed by atoms with Crippen LogP contribution in [0.15, 0.2) is 36.4 Å². The summed E-state index contributed by atoms with van der Waals surface area (Å²) in [7, 11) is 1.72. The monoisotopic (exact) mass is 377 g/mol. The summed E-state index contributed by atoms with van der Waals surface area (Å²) < 4.78 is 0. The molecule has 5 N–H and O–H groups in total. The number of aliphatic hydroxyl groups excluding tert-OH is 5. The molecule has 0 saturated heterocycles. The Morgan fingerprint density at radius 1 is 0.963 bits per heavy atom. The first-order valence-electron chi connectivity index (χ1n) is 8.89. The van der Waals surface area contributed by atoms with Crippen molar-refractivity contribution in [3.8, 4) is 0 Å². The van der Waals surface area contributed by atoms with Gasteiger partial charge in [-0.25, -0.2) is 0 Å². The Morgan fingerprint density at radius 3 is 2.19 bits per heavy atom. The van der Waals surface area contributed by atoms with E-state index in [-0.39, 0.29) is 12.3 Å². The number of hydrogen-bond donors (Lipinski definition) is 5. The van der Waals surface area contributed by atoms with Crippen LogP contribution in [0.1, 0.15) is 23.7 Å². The second-order valence-electron chi connectivity index (χ2n) is 6.70. The lowest BCUT2D eigenvalue weighted by atomic mass is 10.0. The summed E-state index contributed by atoms with van der Waals surface area (Å²) in [6, 6.07) is 11.1. The van der Waals surface area contributed by atoms with Crippen LogP contribution in [-0.4, -0.2) is 75.9 Å². The molecule has 0 aliphatic carbocycles. The molecule has 0 fully saturated rings. The maximum Gasteiger partial charge on any atom is 0.162 e. The molecule has 2 aromatic rings. The maximum atomic E-state index is 11.8.